The van der Waals surface area contributed by atoms with Crippen LogP contribution in [0.1, 0.15) is 30.6 Å². The van der Waals surface area contributed by atoms with Crippen LogP contribution in [0.3, 0.4) is 0 Å². The van der Waals surface area contributed by atoms with Gasteiger partial charge in [-0.15, -0.1) is 0 Å². The van der Waals surface area contributed by atoms with E-state index in [0.29, 0.717) is 19.8 Å². The lowest BCUT2D eigenvalue weighted by Gasteiger charge is -2.27. The lowest BCUT2D eigenvalue weighted by Crippen LogP contribution is -2.31. The zero-order chi connectivity index (χ0) is 13.8. The van der Waals surface area contributed by atoms with Crippen LogP contribution in [-0.4, -0.2) is 25.6 Å². The number of rotatable bonds is 4. The number of halogens is 1. The summed E-state index contributed by atoms with van der Waals surface area (Å²) in [6.45, 7) is 5.98. The summed E-state index contributed by atoms with van der Waals surface area (Å²) in [6.07, 6.45) is 0.810. The van der Waals surface area contributed by atoms with E-state index in [2.05, 4.69) is 22.9 Å². The fourth-order valence-corrected chi connectivity index (χ4v) is 2.90. The van der Waals surface area contributed by atoms with Crippen LogP contribution in [0.25, 0.3) is 0 Å². The second-order valence-corrected chi connectivity index (χ2v) is 5.74. The predicted octanol–water partition coefficient (Wildman–Crippen LogP) is 3.70. The summed E-state index contributed by atoms with van der Waals surface area (Å²) in [5.74, 6) is 1.34. The normalized spacial score (nSPS) is 23.1. The lowest BCUT2D eigenvalue weighted by atomic mass is 9.83. The van der Waals surface area contributed by atoms with Crippen LogP contribution >= 0.6 is 15.9 Å². The van der Waals surface area contributed by atoms with Crippen molar-refractivity contribution < 1.29 is 14.3 Å². The lowest BCUT2D eigenvalue weighted by molar-refractivity contribution is 0.0241. The first-order chi connectivity index (χ1) is 9.13. The first-order valence-corrected chi connectivity index (χ1v) is 7.47. The van der Waals surface area contributed by atoms with Gasteiger partial charge in [0.25, 0.3) is 0 Å². The molecule has 0 N–H and O–H groups in total. The molecule has 1 fully saturated rings. The fourth-order valence-electron chi connectivity index (χ4n) is 2.41. The molecule has 2 unspecified atom stereocenters. The third kappa shape index (κ3) is 3.37. The molecular weight excluding hydrogens is 308 g/mol. The molecule has 4 heteroatoms. The maximum absolute atomic E-state index is 12.5. The van der Waals surface area contributed by atoms with Gasteiger partial charge in [-0.2, -0.15) is 0 Å². The van der Waals surface area contributed by atoms with E-state index in [9.17, 15) is 4.79 Å². The van der Waals surface area contributed by atoms with Crippen molar-refractivity contribution in [2.24, 2.45) is 11.8 Å². The molecule has 0 aliphatic carbocycles. The largest absolute Gasteiger partial charge is 0.493 e. The molecule has 1 aromatic carbocycles. The summed E-state index contributed by atoms with van der Waals surface area (Å²) in [5, 5.41) is 0. The van der Waals surface area contributed by atoms with Crippen LogP contribution in [0.4, 0.5) is 0 Å². The zero-order valence-electron chi connectivity index (χ0n) is 11.3. The highest BCUT2D eigenvalue weighted by atomic mass is 79.9. The Balaban J connectivity index is 2.17. The number of hydrogen-bond acceptors (Lipinski definition) is 3. The first-order valence-electron chi connectivity index (χ1n) is 6.67. The summed E-state index contributed by atoms with van der Waals surface area (Å²) in [4.78, 5) is 12.5. The quantitative estimate of drug-likeness (QED) is 0.791. The minimum atomic E-state index is 0.0681. The van der Waals surface area contributed by atoms with Crippen molar-refractivity contribution in [1.82, 2.24) is 0 Å². The third-order valence-corrected chi connectivity index (χ3v) is 4.11. The van der Waals surface area contributed by atoms with Gasteiger partial charge >= 0.3 is 0 Å². The van der Waals surface area contributed by atoms with Crippen LogP contribution in [0.5, 0.6) is 5.75 Å². The van der Waals surface area contributed by atoms with Gasteiger partial charge in [-0.05, 0) is 53.4 Å². The number of carbonyl (C=O) groups excluding carboxylic acids is 1. The van der Waals surface area contributed by atoms with E-state index in [1.54, 1.807) is 0 Å². The second-order valence-electron chi connectivity index (χ2n) is 4.89. The highest BCUT2D eigenvalue weighted by Crippen LogP contribution is 2.30. The van der Waals surface area contributed by atoms with Gasteiger partial charge in [-0.1, -0.05) is 6.92 Å². The van der Waals surface area contributed by atoms with E-state index >= 15 is 0 Å². The number of Topliss-reactive ketones (excluding diaryl/α,β-unsaturated/α-hetero) is 1. The molecule has 104 valence electrons. The highest BCUT2D eigenvalue weighted by Gasteiger charge is 2.29. The van der Waals surface area contributed by atoms with E-state index in [-0.39, 0.29) is 17.6 Å². The van der Waals surface area contributed by atoms with Crippen molar-refractivity contribution in [2.75, 3.05) is 19.8 Å². The molecule has 1 aliphatic heterocycles. The van der Waals surface area contributed by atoms with Gasteiger partial charge in [0.15, 0.2) is 5.78 Å². The molecule has 0 saturated carbocycles. The van der Waals surface area contributed by atoms with E-state index in [0.717, 1.165) is 22.2 Å². The molecule has 2 rings (SSSR count). The number of carbonyl (C=O) groups is 1. The average Bonchev–Trinajstić information content (AvgIpc) is 2.41. The van der Waals surface area contributed by atoms with Gasteiger partial charge in [0.1, 0.15) is 5.75 Å². The van der Waals surface area contributed by atoms with E-state index in [1.165, 1.54) is 0 Å². The topological polar surface area (TPSA) is 35.5 Å². The highest BCUT2D eigenvalue weighted by molar-refractivity contribution is 9.10. The predicted molar refractivity (Wildman–Crippen MR) is 77.7 cm³/mol. The molecule has 0 aromatic heterocycles. The van der Waals surface area contributed by atoms with E-state index < -0.39 is 0 Å². The minimum absolute atomic E-state index is 0.0681. The van der Waals surface area contributed by atoms with Crippen LogP contribution < -0.4 is 4.74 Å². The standard InChI is InChI=1S/C15H19BrO3/c1-3-19-14-5-4-11(8-13(14)16)15(17)12-6-7-18-9-10(12)2/h4-5,8,10,12H,3,6-7,9H2,1-2H3. The van der Waals surface area contributed by atoms with Crippen LogP contribution in [0.15, 0.2) is 22.7 Å². The Hall–Kier alpha value is -0.870. The molecule has 1 heterocycles. The Morgan fingerprint density at radius 1 is 1.53 bits per heavy atom. The van der Waals surface area contributed by atoms with E-state index in [4.69, 9.17) is 9.47 Å². The second kappa shape index (κ2) is 6.53. The molecular formula is C15H19BrO3. The van der Waals surface area contributed by atoms with Gasteiger partial charge in [0, 0.05) is 24.7 Å². The Bertz CT molecular complexity index is 459. The Kier molecular flexibility index (Phi) is 4.99. The summed E-state index contributed by atoms with van der Waals surface area (Å²) >= 11 is 3.45. The molecule has 1 saturated heterocycles. The molecule has 19 heavy (non-hydrogen) atoms. The molecule has 0 radical (unpaired) electrons. The number of benzene rings is 1. The van der Waals surface area contributed by atoms with Crippen molar-refractivity contribution in [1.29, 1.82) is 0 Å². The molecule has 1 aromatic rings. The number of ether oxygens (including phenoxy) is 2. The monoisotopic (exact) mass is 326 g/mol. The van der Waals surface area contributed by atoms with E-state index in [1.807, 2.05) is 25.1 Å². The average molecular weight is 327 g/mol. The van der Waals surface area contributed by atoms with Crippen LogP contribution in [0, 0.1) is 11.8 Å². The van der Waals surface area contributed by atoms with Gasteiger partial charge in [0.2, 0.25) is 0 Å². The zero-order valence-corrected chi connectivity index (χ0v) is 12.9. The fraction of sp³-hybridized carbons (Fsp3) is 0.533. The van der Waals surface area contributed by atoms with Gasteiger partial charge in [0.05, 0.1) is 11.1 Å². The summed E-state index contributed by atoms with van der Waals surface area (Å²) in [7, 11) is 0. The van der Waals surface area contributed by atoms with Crippen molar-refractivity contribution in [3.8, 4) is 5.75 Å². The van der Waals surface area contributed by atoms with Crippen molar-refractivity contribution in [3.63, 3.8) is 0 Å². The molecule has 3 nitrogen and oxygen atoms in total. The molecule has 1 aliphatic rings. The molecule has 0 spiro atoms. The number of ketones is 1. The van der Waals surface area contributed by atoms with Crippen molar-refractivity contribution in [2.45, 2.75) is 20.3 Å². The van der Waals surface area contributed by atoms with Crippen LogP contribution in [0.2, 0.25) is 0 Å². The number of hydrogen-bond donors (Lipinski definition) is 0. The van der Waals surface area contributed by atoms with Gasteiger partial charge < -0.3 is 9.47 Å². The smallest absolute Gasteiger partial charge is 0.166 e. The molecule has 0 bridgehead atoms. The third-order valence-electron chi connectivity index (χ3n) is 3.49. The molecule has 2 atom stereocenters. The summed E-state index contributed by atoms with van der Waals surface area (Å²) in [5.41, 5.74) is 0.745. The Labute approximate surface area is 122 Å². The van der Waals surface area contributed by atoms with Crippen molar-refractivity contribution >= 4 is 21.7 Å². The van der Waals surface area contributed by atoms with Gasteiger partial charge in [-0.25, -0.2) is 0 Å². The van der Waals surface area contributed by atoms with Crippen LogP contribution in [-0.2, 0) is 4.74 Å². The Morgan fingerprint density at radius 2 is 2.32 bits per heavy atom. The Morgan fingerprint density at radius 3 is 2.95 bits per heavy atom. The maximum atomic E-state index is 12.5. The summed E-state index contributed by atoms with van der Waals surface area (Å²) < 4.78 is 11.7. The molecule has 0 amide bonds. The maximum Gasteiger partial charge on any atom is 0.166 e. The van der Waals surface area contributed by atoms with Gasteiger partial charge in [-0.3, -0.25) is 4.79 Å². The summed E-state index contributed by atoms with van der Waals surface area (Å²) in [6, 6.07) is 5.56. The van der Waals surface area contributed by atoms with Crippen molar-refractivity contribution in [3.05, 3.63) is 28.2 Å². The first kappa shape index (κ1) is 14.5. The minimum Gasteiger partial charge on any atom is -0.493 e. The SMILES string of the molecule is CCOc1ccc(C(=O)C2CCOCC2C)cc1Br.